The van der Waals surface area contributed by atoms with E-state index in [1.165, 1.54) is 85.7 Å². The number of hydrogen-bond donors (Lipinski definition) is 0. The molecule has 0 aromatic heterocycles. The van der Waals surface area contributed by atoms with Crippen molar-refractivity contribution < 1.29 is 4.74 Å². The van der Waals surface area contributed by atoms with Crippen molar-refractivity contribution in [1.29, 1.82) is 0 Å². The molecule has 504 valence electrons. The zero-order chi connectivity index (χ0) is 71.0. The summed E-state index contributed by atoms with van der Waals surface area (Å²) < 4.78 is 6.91. The number of hydrogen-bond acceptors (Lipinski definition) is 4. The fourth-order valence-corrected chi connectivity index (χ4v) is 26.8. The molecule has 0 N–H and O–H groups in total. The normalized spacial score (nSPS) is 13.0. The van der Waals surface area contributed by atoms with E-state index in [4.69, 9.17) is 4.74 Å². The molecule has 0 unspecified atom stereocenters. The topological polar surface area (TPSA) is 19.0 Å². The minimum absolute atomic E-state index is 0.00521. The van der Waals surface area contributed by atoms with E-state index < -0.39 is 16.1 Å². The summed E-state index contributed by atoms with van der Waals surface area (Å²) >= 11 is 0. The van der Waals surface area contributed by atoms with E-state index in [0.717, 1.165) is 68.2 Å². The molecule has 0 saturated carbocycles. The maximum absolute atomic E-state index is 6.91. The predicted octanol–water partition coefficient (Wildman–Crippen LogP) is 18.0. The van der Waals surface area contributed by atoms with Gasteiger partial charge in [-0.3, -0.25) is 0 Å². The van der Waals surface area contributed by atoms with Crippen LogP contribution >= 0.6 is 0 Å². The van der Waals surface area contributed by atoms with E-state index >= 15 is 0 Å². The first-order valence-electron chi connectivity index (χ1n) is 36.8. The Bertz CT molecular complexity index is 5490. The van der Waals surface area contributed by atoms with Crippen molar-refractivity contribution in [2.45, 2.75) is 52.4 Å². The van der Waals surface area contributed by atoms with Gasteiger partial charge >= 0.3 is 0 Å². The number of nitrogens with zero attached hydrogens (tertiary/aromatic N) is 3. The van der Waals surface area contributed by atoms with Crippen LogP contribution in [-0.2, 0) is 10.8 Å². The predicted molar refractivity (Wildman–Crippen MR) is 451 cm³/mol. The van der Waals surface area contributed by atoms with Crippen LogP contribution in [0.2, 0.25) is 0 Å². The lowest BCUT2D eigenvalue weighted by Crippen LogP contribution is -2.74. The molecule has 0 atom stereocenters. The van der Waals surface area contributed by atoms with Crippen molar-refractivity contribution in [3.63, 3.8) is 0 Å². The summed E-state index contributed by atoms with van der Waals surface area (Å²) in [6.07, 6.45) is 0. The number of rotatable bonds is 13. The highest BCUT2D eigenvalue weighted by Crippen LogP contribution is 2.54. The van der Waals surface area contributed by atoms with Crippen molar-refractivity contribution in [2.75, 3.05) is 14.7 Å². The van der Waals surface area contributed by atoms with Gasteiger partial charge in [0.1, 0.15) is 0 Å². The molecule has 7 heteroatoms. The van der Waals surface area contributed by atoms with Crippen molar-refractivity contribution in [3.8, 4) is 33.8 Å². The molecule has 18 rings (SSSR count). The third-order valence-electron chi connectivity index (χ3n) is 22.2. The minimum Gasteiger partial charge on any atom is -0.453 e. The molecule has 4 nitrogen and oxygen atoms in total. The van der Waals surface area contributed by atoms with Crippen LogP contribution < -0.4 is 77.3 Å². The van der Waals surface area contributed by atoms with Crippen molar-refractivity contribution in [3.05, 3.63) is 387 Å². The summed E-state index contributed by atoms with van der Waals surface area (Å²) in [5, 5.41) is 10.5. The van der Waals surface area contributed by atoms with Crippen LogP contribution in [0.1, 0.15) is 52.7 Å². The number of ether oxygens (including phenoxy) is 1. The summed E-state index contributed by atoms with van der Waals surface area (Å²) in [5.41, 5.74) is 20.5. The summed E-state index contributed by atoms with van der Waals surface area (Å²) in [5.74, 6) is 1.59. The zero-order valence-corrected chi connectivity index (χ0v) is 62.1. The molecule has 0 fully saturated rings. The number of anilines is 9. The molecule has 0 aliphatic carbocycles. The molecule has 3 heterocycles. The fraction of sp³-hybridized carbons (Fsp3) is 0.0816. The molecule has 15 aromatic carbocycles. The minimum atomic E-state index is -3.10. The van der Waals surface area contributed by atoms with Crippen molar-refractivity contribution in [1.82, 2.24) is 0 Å². The van der Waals surface area contributed by atoms with Crippen LogP contribution in [-0.4, -0.2) is 22.9 Å². The molecule has 0 radical (unpaired) electrons. The highest BCUT2D eigenvalue weighted by Gasteiger charge is 2.48. The van der Waals surface area contributed by atoms with Crippen molar-refractivity contribution in [2.24, 2.45) is 0 Å². The van der Waals surface area contributed by atoms with Crippen LogP contribution in [0.3, 0.4) is 0 Å². The summed E-state index contributed by atoms with van der Waals surface area (Å²) in [7, 11) is -6.19. The Balaban J connectivity index is 0.971. The number of fused-ring (bicyclic) bond motifs is 6. The first kappa shape index (κ1) is 65.1. The average Bonchev–Trinajstić information content (AvgIpc) is 0.692. The van der Waals surface area contributed by atoms with E-state index in [1.807, 2.05) is 0 Å². The van der Waals surface area contributed by atoms with E-state index in [-0.39, 0.29) is 17.5 Å². The smallest absolute Gasteiger partial charge is 0.252 e. The number of para-hydroxylation sites is 4. The molecule has 0 amide bonds. The van der Waals surface area contributed by atoms with Crippen LogP contribution in [0.4, 0.5) is 51.2 Å². The quantitative estimate of drug-likeness (QED) is 0.0846. The Hall–Kier alpha value is -12.0. The van der Waals surface area contributed by atoms with E-state index in [2.05, 4.69) is 432 Å². The van der Waals surface area contributed by atoms with Gasteiger partial charge in [-0.05, 0) is 175 Å². The molecule has 3 aliphatic heterocycles. The van der Waals surface area contributed by atoms with Crippen LogP contribution in [0, 0.1) is 0 Å². The molecular weight excluding hydrogens is 1300 g/mol. The van der Waals surface area contributed by atoms with Gasteiger partial charge < -0.3 is 19.4 Å². The van der Waals surface area contributed by atoms with Gasteiger partial charge in [-0.2, -0.15) is 0 Å². The van der Waals surface area contributed by atoms with Crippen LogP contribution in [0.25, 0.3) is 22.3 Å². The van der Waals surface area contributed by atoms with Gasteiger partial charge in [0.2, 0.25) is 0 Å². The first-order valence-corrected chi connectivity index (χ1v) is 40.8. The van der Waals surface area contributed by atoms with E-state index in [9.17, 15) is 0 Å². The standard InChI is InChI=1S/C98H80BN3OSi2/c1-97(2,3)73-57-51-69(52-58-73)71-56-62-88-87(63-71)99-86-61-55-72(70-53-59-74(60-54-70)98(4,5)6)64-91(86)101(76-32-30-46-85(66-76)105(81-39-19-10-20-40-81,82-41-21-11-22-42-82)83-43-23-12-24-44-83)93-68-77(102-89-47-25-27-49-94(89)103-95-50-28-26-48-90(95)102)67-92(96(93)99)100(88)75-31-29-45-84(65-75)104(78-33-13-7-14-34-78,79-35-15-8-16-36-79)80-37-17-9-18-38-80/h7-68H,1-6H3. The second-order valence-electron chi connectivity index (χ2n) is 30.4. The second-order valence-corrected chi connectivity index (χ2v) is 38.0. The van der Waals surface area contributed by atoms with Gasteiger partial charge in [-0.1, -0.05) is 345 Å². The molecular formula is C98H80BN3OSi2. The number of benzene rings is 15. The summed E-state index contributed by atoms with van der Waals surface area (Å²) in [4.78, 5) is 7.73. The molecule has 15 aromatic rings. The molecule has 0 spiro atoms. The lowest BCUT2D eigenvalue weighted by Gasteiger charge is -2.46. The van der Waals surface area contributed by atoms with E-state index in [1.54, 1.807) is 0 Å². The largest absolute Gasteiger partial charge is 0.453 e. The molecule has 0 bridgehead atoms. The van der Waals surface area contributed by atoms with Gasteiger partial charge in [-0.15, -0.1) is 0 Å². The Labute approximate surface area is 620 Å². The molecule has 105 heavy (non-hydrogen) atoms. The fourth-order valence-electron chi connectivity index (χ4n) is 17.2. The maximum atomic E-state index is 6.91. The van der Waals surface area contributed by atoms with Crippen LogP contribution in [0.5, 0.6) is 11.5 Å². The lowest BCUT2D eigenvalue weighted by atomic mass is 9.33. The second kappa shape index (κ2) is 26.1. The van der Waals surface area contributed by atoms with Gasteiger partial charge in [0.25, 0.3) is 6.71 Å². The van der Waals surface area contributed by atoms with Gasteiger partial charge in [0.15, 0.2) is 27.6 Å². The van der Waals surface area contributed by atoms with Gasteiger partial charge in [0.05, 0.1) is 17.1 Å². The van der Waals surface area contributed by atoms with Gasteiger partial charge in [-0.25, -0.2) is 0 Å². The summed E-state index contributed by atoms with van der Waals surface area (Å²) in [6, 6.07) is 143. The highest BCUT2D eigenvalue weighted by atomic mass is 28.3. The molecule has 3 aliphatic rings. The molecule has 0 saturated heterocycles. The third kappa shape index (κ3) is 11.0. The van der Waals surface area contributed by atoms with E-state index in [0.29, 0.717) is 0 Å². The lowest BCUT2D eigenvalue weighted by molar-refractivity contribution is 0.477. The Morgan fingerprint density at radius 1 is 0.238 bits per heavy atom. The Kier molecular flexibility index (Phi) is 16.1. The SMILES string of the molecule is CC(C)(C)c1ccc(-c2ccc3c(c2)B2c4ccc(-c5ccc(C(C)(C)C)cc5)cc4N(c4cccc([Si](c5ccccc5)(c5ccccc5)c5ccccc5)c4)c4cc(N5c6ccccc6Oc6ccccc65)cc(c42)N3c2cccc([Si](c3ccccc3)(c3ccccc3)c3ccccc3)c2)cc1. The Morgan fingerprint density at radius 3 is 0.971 bits per heavy atom. The van der Waals surface area contributed by atoms with Gasteiger partial charge in [0, 0.05) is 34.1 Å². The first-order chi connectivity index (χ1) is 51.3. The monoisotopic (exact) mass is 1380 g/mol. The van der Waals surface area contributed by atoms with Crippen LogP contribution in [0.15, 0.2) is 376 Å². The zero-order valence-electron chi connectivity index (χ0n) is 60.1. The summed E-state index contributed by atoms with van der Waals surface area (Å²) in [6.45, 7) is 13.6. The highest BCUT2D eigenvalue weighted by molar-refractivity contribution is 7.20. The maximum Gasteiger partial charge on any atom is 0.252 e. The average molecular weight is 1380 g/mol. The Morgan fingerprint density at radius 2 is 0.571 bits per heavy atom. The third-order valence-corrected chi connectivity index (χ3v) is 31.8. The van der Waals surface area contributed by atoms with Crippen molar-refractivity contribution >= 4 is 132 Å².